The number of methoxy groups -OCH3 is 1. The molecule has 0 bridgehead atoms. The summed E-state index contributed by atoms with van der Waals surface area (Å²) in [5.41, 5.74) is 2.79. The lowest BCUT2D eigenvalue weighted by molar-refractivity contribution is -0.116. The van der Waals surface area contributed by atoms with Gasteiger partial charge in [-0.1, -0.05) is 66.4 Å². The second-order valence-electron chi connectivity index (χ2n) is 7.63. The van der Waals surface area contributed by atoms with Crippen molar-refractivity contribution in [2.45, 2.75) is 16.1 Å². The van der Waals surface area contributed by atoms with Gasteiger partial charge in [0.2, 0.25) is 11.1 Å². The minimum absolute atomic E-state index is 0.00607. The van der Waals surface area contributed by atoms with Crippen LogP contribution in [0.2, 0.25) is 0 Å². The molecule has 34 heavy (non-hydrogen) atoms. The van der Waals surface area contributed by atoms with E-state index in [0.29, 0.717) is 16.7 Å². The van der Waals surface area contributed by atoms with Crippen molar-refractivity contribution < 1.29 is 9.53 Å². The molecule has 1 atom stereocenters. The first-order valence-corrected chi connectivity index (χ1v) is 12.7. The van der Waals surface area contributed by atoms with E-state index in [1.54, 1.807) is 18.9 Å². The molecule has 1 amide bonds. The van der Waals surface area contributed by atoms with Gasteiger partial charge in [0.1, 0.15) is 5.75 Å². The number of fused-ring (bicyclic) bond motifs is 1. The standard InChI is InChI=1S/C25H23N5O2S2/c1-32-21-13-7-5-11-18(21)24-27-28-25(30(24)26)34-16-23(31)29-19-12-6-8-14-22(19)33-15-20(29)17-9-3-2-4-10-17/h2-14,20H,15-16,26H2,1H3. The van der Waals surface area contributed by atoms with Crippen LogP contribution in [-0.4, -0.2) is 39.4 Å². The topological polar surface area (TPSA) is 86.3 Å². The number of hydrogen-bond acceptors (Lipinski definition) is 7. The Morgan fingerprint density at radius 2 is 1.79 bits per heavy atom. The quantitative estimate of drug-likeness (QED) is 0.312. The number of anilines is 1. The van der Waals surface area contributed by atoms with Crippen LogP contribution in [0.25, 0.3) is 11.4 Å². The summed E-state index contributed by atoms with van der Waals surface area (Å²) in [4.78, 5) is 16.6. The number of carbonyl (C=O) groups excluding carboxylic acids is 1. The van der Waals surface area contributed by atoms with E-state index in [0.717, 1.165) is 27.5 Å². The predicted octanol–water partition coefficient (Wildman–Crippen LogP) is 4.64. The van der Waals surface area contributed by atoms with Gasteiger partial charge in [0.05, 0.1) is 30.2 Å². The van der Waals surface area contributed by atoms with Gasteiger partial charge in [-0.05, 0) is 29.8 Å². The summed E-state index contributed by atoms with van der Waals surface area (Å²) in [6.07, 6.45) is 0. The van der Waals surface area contributed by atoms with Gasteiger partial charge in [-0.2, -0.15) is 0 Å². The summed E-state index contributed by atoms with van der Waals surface area (Å²) in [6.45, 7) is 0. The number of amides is 1. The van der Waals surface area contributed by atoms with E-state index in [-0.39, 0.29) is 17.7 Å². The zero-order chi connectivity index (χ0) is 23.5. The van der Waals surface area contributed by atoms with Crippen LogP contribution in [0.3, 0.4) is 0 Å². The Bertz CT molecular complexity index is 1310. The van der Waals surface area contributed by atoms with E-state index >= 15 is 0 Å². The summed E-state index contributed by atoms with van der Waals surface area (Å²) in [5.74, 6) is 8.41. The summed E-state index contributed by atoms with van der Waals surface area (Å²) >= 11 is 3.05. The zero-order valence-corrected chi connectivity index (χ0v) is 20.1. The molecule has 0 saturated heterocycles. The Kier molecular flexibility index (Phi) is 6.46. The number of nitrogens with two attached hydrogens (primary N) is 1. The molecule has 0 fully saturated rings. The summed E-state index contributed by atoms with van der Waals surface area (Å²) in [7, 11) is 1.60. The molecule has 1 aromatic heterocycles. The predicted molar refractivity (Wildman–Crippen MR) is 137 cm³/mol. The van der Waals surface area contributed by atoms with Crippen molar-refractivity contribution in [2.75, 3.05) is 29.4 Å². The van der Waals surface area contributed by atoms with Gasteiger partial charge in [-0.3, -0.25) is 4.79 Å². The number of carbonyl (C=O) groups is 1. The SMILES string of the molecule is COc1ccccc1-c1nnc(SCC(=O)N2c3ccccc3SCC2c2ccccc2)n1N. The van der Waals surface area contributed by atoms with Gasteiger partial charge < -0.3 is 15.5 Å². The van der Waals surface area contributed by atoms with E-state index in [2.05, 4.69) is 28.4 Å². The van der Waals surface area contributed by atoms with Crippen molar-refractivity contribution in [3.8, 4) is 17.1 Å². The lowest BCUT2D eigenvalue weighted by Crippen LogP contribution is -2.39. The Morgan fingerprint density at radius 1 is 1.06 bits per heavy atom. The van der Waals surface area contributed by atoms with Crippen molar-refractivity contribution in [3.63, 3.8) is 0 Å². The molecule has 7 nitrogen and oxygen atoms in total. The summed E-state index contributed by atoms with van der Waals surface area (Å²) in [5, 5.41) is 8.93. The van der Waals surface area contributed by atoms with Crippen molar-refractivity contribution in [1.82, 2.24) is 14.9 Å². The highest BCUT2D eigenvalue weighted by Gasteiger charge is 2.32. The van der Waals surface area contributed by atoms with Crippen molar-refractivity contribution in [2.24, 2.45) is 0 Å². The zero-order valence-electron chi connectivity index (χ0n) is 18.5. The summed E-state index contributed by atoms with van der Waals surface area (Å²) < 4.78 is 6.83. The van der Waals surface area contributed by atoms with Gasteiger partial charge >= 0.3 is 0 Å². The fourth-order valence-corrected chi connectivity index (χ4v) is 5.89. The average Bonchev–Trinajstić information content (AvgIpc) is 3.26. The highest BCUT2D eigenvalue weighted by atomic mass is 32.2. The van der Waals surface area contributed by atoms with E-state index in [1.165, 1.54) is 16.4 Å². The van der Waals surface area contributed by atoms with Crippen LogP contribution >= 0.6 is 23.5 Å². The normalized spacial score (nSPS) is 15.1. The number of benzene rings is 3. The fourth-order valence-electron chi connectivity index (χ4n) is 4.00. The van der Waals surface area contributed by atoms with Crippen molar-refractivity contribution in [3.05, 3.63) is 84.4 Å². The van der Waals surface area contributed by atoms with Crippen LogP contribution in [-0.2, 0) is 4.79 Å². The molecule has 172 valence electrons. The molecule has 5 rings (SSSR count). The van der Waals surface area contributed by atoms with Gasteiger partial charge in [0.25, 0.3) is 0 Å². The maximum atomic E-state index is 13.6. The van der Waals surface area contributed by atoms with Gasteiger partial charge in [-0.15, -0.1) is 22.0 Å². The molecule has 4 aromatic rings. The van der Waals surface area contributed by atoms with Gasteiger partial charge in [0.15, 0.2) is 5.82 Å². The molecule has 1 aliphatic rings. The van der Waals surface area contributed by atoms with Gasteiger partial charge in [-0.25, -0.2) is 4.68 Å². The van der Waals surface area contributed by atoms with Crippen LogP contribution in [0.15, 0.2) is 88.9 Å². The number of nitrogens with zero attached hydrogens (tertiary/aromatic N) is 4. The molecule has 0 radical (unpaired) electrons. The van der Waals surface area contributed by atoms with E-state index in [1.807, 2.05) is 65.6 Å². The lowest BCUT2D eigenvalue weighted by Gasteiger charge is -2.37. The van der Waals surface area contributed by atoms with E-state index in [9.17, 15) is 4.79 Å². The maximum absolute atomic E-state index is 13.6. The molecule has 0 aliphatic carbocycles. The monoisotopic (exact) mass is 489 g/mol. The van der Waals surface area contributed by atoms with Crippen molar-refractivity contribution >= 4 is 35.1 Å². The number of hydrogen-bond donors (Lipinski definition) is 1. The average molecular weight is 490 g/mol. The number of rotatable bonds is 6. The number of nitrogen functional groups attached to an aromatic ring is 1. The third-order valence-corrected chi connectivity index (χ3v) is 7.69. The minimum atomic E-state index is -0.0471. The Hall–Kier alpha value is -3.43. The fraction of sp³-hybridized carbons (Fsp3) is 0.160. The maximum Gasteiger partial charge on any atom is 0.238 e. The molecule has 2 N–H and O–H groups in total. The minimum Gasteiger partial charge on any atom is -0.496 e. The van der Waals surface area contributed by atoms with Crippen LogP contribution < -0.4 is 15.5 Å². The first kappa shape index (κ1) is 22.4. The molecular formula is C25H23N5O2S2. The first-order chi connectivity index (χ1) is 16.7. The highest BCUT2D eigenvalue weighted by Crippen LogP contribution is 2.43. The number of ether oxygens (including phenoxy) is 1. The van der Waals surface area contributed by atoms with E-state index in [4.69, 9.17) is 10.6 Å². The molecule has 1 aliphatic heterocycles. The molecule has 2 heterocycles. The Balaban J connectivity index is 1.40. The van der Waals surface area contributed by atoms with Crippen LogP contribution in [0.1, 0.15) is 11.6 Å². The number of thioether (sulfide) groups is 2. The molecule has 0 saturated carbocycles. The van der Waals surface area contributed by atoms with Crippen LogP contribution in [0.4, 0.5) is 5.69 Å². The molecular weight excluding hydrogens is 466 g/mol. The molecule has 1 unspecified atom stereocenters. The summed E-state index contributed by atoms with van der Waals surface area (Å²) in [6, 6.07) is 25.6. The largest absolute Gasteiger partial charge is 0.496 e. The highest BCUT2D eigenvalue weighted by molar-refractivity contribution is 8.00. The van der Waals surface area contributed by atoms with Gasteiger partial charge in [0, 0.05) is 10.6 Å². The molecule has 3 aromatic carbocycles. The Morgan fingerprint density at radius 3 is 2.62 bits per heavy atom. The van der Waals surface area contributed by atoms with Crippen LogP contribution in [0.5, 0.6) is 5.75 Å². The number of aromatic nitrogens is 3. The van der Waals surface area contributed by atoms with Crippen LogP contribution in [0, 0.1) is 0 Å². The first-order valence-electron chi connectivity index (χ1n) is 10.7. The third-order valence-electron chi connectivity index (χ3n) is 5.62. The Labute approximate surface area is 206 Å². The second-order valence-corrected chi connectivity index (χ2v) is 9.64. The second kappa shape index (κ2) is 9.82. The third kappa shape index (κ3) is 4.24. The lowest BCUT2D eigenvalue weighted by atomic mass is 10.1. The smallest absolute Gasteiger partial charge is 0.238 e. The molecule has 9 heteroatoms. The number of para-hydroxylation sites is 2. The molecule has 0 spiro atoms. The van der Waals surface area contributed by atoms with E-state index < -0.39 is 0 Å². The van der Waals surface area contributed by atoms with Crippen molar-refractivity contribution in [1.29, 1.82) is 0 Å².